The van der Waals surface area contributed by atoms with Crippen molar-refractivity contribution < 1.29 is 0 Å². The largest absolute Gasteiger partial charge is 0.146 e. The van der Waals surface area contributed by atoms with Gasteiger partial charge in [0.25, 0.3) is 0 Å². The molecule has 1 unspecified atom stereocenters. The van der Waals surface area contributed by atoms with E-state index >= 15 is 0 Å². The SMILES string of the molecule is CCCC1C=Cc2c(Br)csc21. The number of halogens is 1. The molecular formula is C10H11BrS. The Labute approximate surface area is 85.4 Å². The summed E-state index contributed by atoms with van der Waals surface area (Å²) < 4.78 is 1.26. The fourth-order valence-electron chi connectivity index (χ4n) is 1.65. The second-order valence-electron chi connectivity index (χ2n) is 3.12. The zero-order chi connectivity index (χ0) is 8.55. The van der Waals surface area contributed by atoms with Gasteiger partial charge in [-0.3, -0.25) is 0 Å². The Balaban J connectivity index is 2.31. The van der Waals surface area contributed by atoms with Crippen molar-refractivity contribution >= 4 is 33.3 Å². The van der Waals surface area contributed by atoms with Crippen molar-refractivity contribution in [1.29, 1.82) is 0 Å². The molecule has 64 valence electrons. The highest BCUT2D eigenvalue weighted by molar-refractivity contribution is 9.10. The molecule has 0 aromatic carbocycles. The standard InChI is InChI=1S/C10H11BrS/c1-2-3-7-4-5-8-9(11)6-12-10(7)8/h4-7H,2-3H2,1H3. The molecule has 2 heteroatoms. The summed E-state index contributed by atoms with van der Waals surface area (Å²) >= 11 is 5.43. The van der Waals surface area contributed by atoms with Crippen molar-refractivity contribution in [3.05, 3.63) is 26.4 Å². The van der Waals surface area contributed by atoms with E-state index in [1.54, 1.807) is 4.88 Å². The van der Waals surface area contributed by atoms with Crippen LogP contribution in [0.2, 0.25) is 0 Å². The first-order chi connectivity index (χ1) is 5.83. The number of rotatable bonds is 2. The Morgan fingerprint density at radius 3 is 3.17 bits per heavy atom. The van der Waals surface area contributed by atoms with Gasteiger partial charge in [-0.1, -0.05) is 25.5 Å². The summed E-state index contributed by atoms with van der Waals surface area (Å²) in [7, 11) is 0. The van der Waals surface area contributed by atoms with E-state index in [1.807, 2.05) is 11.3 Å². The van der Waals surface area contributed by atoms with Crippen molar-refractivity contribution in [1.82, 2.24) is 0 Å². The topological polar surface area (TPSA) is 0 Å². The predicted octanol–water partition coefficient (Wildman–Crippen LogP) is 4.42. The van der Waals surface area contributed by atoms with E-state index in [-0.39, 0.29) is 0 Å². The van der Waals surface area contributed by atoms with Crippen LogP contribution in [0.5, 0.6) is 0 Å². The lowest BCUT2D eigenvalue weighted by Crippen LogP contribution is -1.87. The fraction of sp³-hybridized carbons (Fsp3) is 0.400. The summed E-state index contributed by atoms with van der Waals surface area (Å²) in [4.78, 5) is 1.55. The second-order valence-corrected chi connectivity index (χ2v) is 4.88. The molecule has 0 radical (unpaired) electrons. The Bertz CT molecular complexity index is 312. The quantitative estimate of drug-likeness (QED) is 0.721. The van der Waals surface area contributed by atoms with Gasteiger partial charge in [0, 0.05) is 26.2 Å². The third-order valence-electron chi connectivity index (χ3n) is 2.24. The summed E-state index contributed by atoms with van der Waals surface area (Å²) in [5.41, 5.74) is 1.42. The zero-order valence-electron chi connectivity index (χ0n) is 7.01. The summed E-state index contributed by atoms with van der Waals surface area (Å²) in [5.74, 6) is 0.696. The van der Waals surface area contributed by atoms with Gasteiger partial charge < -0.3 is 0 Å². The maximum Gasteiger partial charge on any atom is 0.0357 e. The number of thiophene rings is 1. The molecule has 0 nitrogen and oxygen atoms in total. The Morgan fingerprint density at radius 1 is 1.58 bits per heavy atom. The molecule has 0 amide bonds. The van der Waals surface area contributed by atoms with E-state index in [0.29, 0.717) is 5.92 Å². The average Bonchev–Trinajstić information content (AvgIpc) is 2.58. The highest BCUT2D eigenvalue weighted by atomic mass is 79.9. The second kappa shape index (κ2) is 3.35. The minimum atomic E-state index is 0.696. The normalized spacial score (nSPS) is 20.0. The molecule has 12 heavy (non-hydrogen) atoms. The van der Waals surface area contributed by atoms with Crippen molar-refractivity contribution in [3.8, 4) is 0 Å². The van der Waals surface area contributed by atoms with Crippen molar-refractivity contribution in [3.63, 3.8) is 0 Å². The lowest BCUT2D eigenvalue weighted by Gasteiger charge is -2.04. The van der Waals surface area contributed by atoms with Crippen LogP contribution in [0.4, 0.5) is 0 Å². The maximum atomic E-state index is 3.56. The molecule has 1 aliphatic rings. The van der Waals surface area contributed by atoms with Crippen LogP contribution in [0.25, 0.3) is 6.08 Å². The minimum absolute atomic E-state index is 0.696. The maximum absolute atomic E-state index is 3.56. The average molecular weight is 243 g/mol. The molecule has 1 aliphatic carbocycles. The fourth-order valence-corrected chi connectivity index (χ4v) is 3.44. The van der Waals surface area contributed by atoms with E-state index < -0.39 is 0 Å². The van der Waals surface area contributed by atoms with E-state index in [1.165, 1.54) is 22.9 Å². The Kier molecular flexibility index (Phi) is 2.37. The Morgan fingerprint density at radius 2 is 2.42 bits per heavy atom. The van der Waals surface area contributed by atoms with Crippen LogP contribution in [0.15, 0.2) is 15.9 Å². The summed E-state index contributed by atoms with van der Waals surface area (Å²) in [6.45, 7) is 2.24. The first kappa shape index (κ1) is 8.52. The van der Waals surface area contributed by atoms with Crippen LogP contribution in [0.3, 0.4) is 0 Å². The van der Waals surface area contributed by atoms with Gasteiger partial charge in [-0.15, -0.1) is 11.3 Å². The highest BCUT2D eigenvalue weighted by Crippen LogP contribution is 2.41. The van der Waals surface area contributed by atoms with Crippen molar-refractivity contribution in [2.24, 2.45) is 0 Å². The number of hydrogen-bond donors (Lipinski definition) is 0. The molecule has 0 fully saturated rings. The lowest BCUT2D eigenvalue weighted by atomic mass is 10.1. The summed E-state index contributed by atoms with van der Waals surface area (Å²) in [6.07, 6.45) is 7.13. The molecule has 1 aromatic heterocycles. The third kappa shape index (κ3) is 1.27. The van der Waals surface area contributed by atoms with E-state index in [4.69, 9.17) is 0 Å². The first-order valence-corrected chi connectivity index (χ1v) is 5.95. The van der Waals surface area contributed by atoms with Crippen LogP contribution in [0, 0.1) is 0 Å². The van der Waals surface area contributed by atoms with Crippen LogP contribution >= 0.6 is 27.3 Å². The summed E-state index contributed by atoms with van der Waals surface area (Å²) in [5, 5.41) is 2.19. The predicted molar refractivity (Wildman–Crippen MR) is 58.7 cm³/mol. The van der Waals surface area contributed by atoms with Gasteiger partial charge in [0.05, 0.1) is 0 Å². The minimum Gasteiger partial charge on any atom is -0.146 e. The molecule has 0 aliphatic heterocycles. The van der Waals surface area contributed by atoms with Gasteiger partial charge in [-0.05, 0) is 22.4 Å². The van der Waals surface area contributed by atoms with E-state index in [9.17, 15) is 0 Å². The van der Waals surface area contributed by atoms with E-state index in [2.05, 4.69) is 40.4 Å². The van der Waals surface area contributed by atoms with Crippen molar-refractivity contribution in [2.75, 3.05) is 0 Å². The highest BCUT2D eigenvalue weighted by Gasteiger charge is 2.19. The van der Waals surface area contributed by atoms with Gasteiger partial charge in [0.15, 0.2) is 0 Å². The smallest absolute Gasteiger partial charge is 0.0357 e. The van der Waals surface area contributed by atoms with Crippen LogP contribution in [0.1, 0.15) is 36.1 Å². The van der Waals surface area contributed by atoms with E-state index in [0.717, 1.165) is 0 Å². The molecule has 0 saturated heterocycles. The number of hydrogen-bond acceptors (Lipinski definition) is 1. The number of fused-ring (bicyclic) bond motifs is 1. The molecule has 0 N–H and O–H groups in total. The van der Waals surface area contributed by atoms with Crippen molar-refractivity contribution in [2.45, 2.75) is 25.7 Å². The number of allylic oxidation sites excluding steroid dienone is 1. The zero-order valence-corrected chi connectivity index (χ0v) is 9.41. The van der Waals surface area contributed by atoms with Crippen LogP contribution in [-0.2, 0) is 0 Å². The Hall–Kier alpha value is -0.0800. The monoisotopic (exact) mass is 242 g/mol. The molecule has 1 atom stereocenters. The molecule has 0 saturated carbocycles. The van der Waals surface area contributed by atoms with Gasteiger partial charge in [0.2, 0.25) is 0 Å². The van der Waals surface area contributed by atoms with Crippen LogP contribution < -0.4 is 0 Å². The van der Waals surface area contributed by atoms with Gasteiger partial charge in [0.1, 0.15) is 0 Å². The van der Waals surface area contributed by atoms with Crippen LogP contribution in [-0.4, -0.2) is 0 Å². The molecule has 1 heterocycles. The molecule has 1 aromatic rings. The lowest BCUT2D eigenvalue weighted by molar-refractivity contribution is 0.735. The third-order valence-corrected chi connectivity index (χ3v) is 4.33. The van der Waals surface area contributed by atoms with Gasteiger partial charge >= 0.3 is 0 Å². The molecule has 0 bridgehead atoms. The summed E-state index contributed by atoms with van der Waals surface area (Å²) in [6, 6.07) is 0. The first-order valence-electron chi connectivity index (χ1n) is 4.28. The molecular weight excluding hydrogens is 232 g/mol. The van der Waals surface area contributed by atoms with Gasteiger partial charge in [-0.2, -0.15) is 0 Å². The molecule has 2 rings (SSSR count). The molecule has 0 spiro atoms. The van der Waals surface area contributed by atoms with Gasteiger partial charge in [-0.25, -0.2) is 0 Å².